The third kappa shape index (κ3) is 7.69. The molecule has 0 atom stereocenters. The van der Waals surface area contributed by atoms with E-state index < -0.39 is 21.8 Å². The van der Waals surface area contributed by atoms with Crippen molar-refractivity contribution in [2.24, 2.45) is 0 Å². The van der Waals surface area contributed by atoms with Crippen LogP contribution in [-0.2, 0) is 19.1 Å². The van der Waals surface area contributed by atoms with Gasteiger partial charge in [0.1, 0.15) is 0 Å². The van der Waals surface area contributed by atoms with Crippen molar-refractivity contribution < 1.29 is 27.6 Å². The highest BCUT2D eigenvalue weighted by Gasteiger charge is 2.15. The monoisotopic (exact) mass is 212 g/mol. The number of aliphatic carboxylic acids is 1. The molecule has 0 saturated carbocycles. The van der Waals surface area contributed by atoms with Crippen molar-refractivity contribution in [1.82, 2.24) is 0 Å². The molecule has 6 nitrogen and oxygen atoms in total. The Hall–Kier alpha value is -0.660. The fourth-order valence-electron chi connectivity index (χ4n) is 0.593. The SMILES string of the molecule is O=C(O)CS(=O)(=O)OCCCCO. The van der Waals surface area contributed by atoms with Crippen LogP contribution < -0.4 is 0 Å². The second-order valence-corrected chi connectivity index (χ2v) is 3.99. The molecule has 13 heavy (non-hydrogen) atoms. The lowest BCUT2D eigenvalue weighted by Gasteiger charge is -2.01. The van der Waals surface area contributed by atoms with Crippen LogP contribution in [-0.4, -0.2) is 43.6 Å². The van der Waals surface area contributed by atoms with Gasteiger partial charge in [-0.3, -0.25) is 8.98 Å². The minimum Gasteiger partial charge on any atom is -0.480 e. The summed E-state index contributed by atoms with van der Waals surface area (Å²) in [6.07, 6.45) is 0.817. The lowest BCUT2D eigenvalue weighted by Crippen LogP contribution is -2.18. The van der Waals surface area contributed by atoms with Crippen LogP contribution >= 0.6 is 0 Å². The number of unbranched alkanes of at least 4 members (excludes halogenated alkanes) is 1. The average molecular weight is 212 g/mol. The number of rotatable bonds is 7. The number of aliphatic hydroxyl groups is 1. The molecular formula is C6H12O6S. The first-order chi connectivity index (χ1) is 5.98. The average Bonchev–Trinajstić information content (AvgIpc) is 1.95. The summed E-state index contributed by atoms with van der Waals surface area (Å²) < 4.78 is 25.8. The molecule has 0 saturated heterocycles. The van der Waals surface area contributed by atoms with Gasteiger partial charge in [0.05, 0.1) is 6.61 Å². The van der Waals surface area contributed by atoms with Crippen molar-refractivity contribution in [1.29, 1.82) is 0 Å². The zero-order valence-corrected chi connectivity index (χ0v) is 7.79. The molecule has 0 radical (unpaired) electrons. The third-order valence-corrected chi connectivity index (χ3v) is 2.24. The maximum atomic E-state index is 10.7. The number of carboxylic acid groups (broad SMARTS) is 1. The Balaban J connectivity index is 3.71. The lowest BCUT2D eigenvalue weighted by molar-refractivity contribution is -0.134. The van der Waals surface area contributed by atoms with Crippen molar-refractivity contribution >= 4 is 16.1 Å². The van der Waals surface area contributed by atoms with E-state index in [2.05, 4.69) is 4.18 Å². The molecule has 0 heterocycles. The molecule has 0 unspecified atom stereocenters. The van der Waals surface area contributed by atoms with Crippen molar-refractivity contribution in [2.75, 3.05) is 19.0 Å². The molecule has 0 aliphatic rings. The van der Waals surface area contributed by atoms with Crippen LogP contribution in [0.3, 0.4) is 0 Å². The van der Waals surface area contributed by atoms with E-state index in [0.717, 1.165) is 0 Å². The summed E-state index contributed by atoms with van der Waals surface area (Å²) in [4.78, 5) is 10.0. The van der Waals surface area contributed by atoms with E-state index in [1.165, 1.54) is 0 Å². The summed E-state index contributed by atoms with van der Waals surface area (Å²) in [5.74, 6) is -2.46. The molecule has 2 N–H and O–H groups in total. The van der Waals surface area contributed by atoms with Crippen LogP contribution in [0.15, 0.2) is 0 Å². The standard InChI is InChI=1S/C6H12O6S/c7-3-1-2-4-12-13(10,11)5-6(8)9/h7H,1-5H2,(H,8,9). The topological polar surface area (TPSA) is 101 Å². The van der Waals surface area contributed by atoms with Crippen molar-refractivity contribution in [3.05, 3.63) is 0 Å². The molecule has 0 aromatic carbocycles. The van der Waals surface area contributed by atoms with E-state index in [1.807, 2.05) is 0 Å². The summed E-state index contributed by atoms with van der Waals surface area (Å²) in [7, 11) is -3.94. The van der Waals surface area contributed by atoms with Gasteiger partial charge in [-0.15, -0.1) is 0 Å². The van der Waals surface area contributed by atoms with Crippen LogP contribution in [0.4, 0.5) is 0 Å². The normalized spacial score (nSPS) is 11.5. The van der Waals surface area contributed by atoms with Gasteiger partial charge in [-0.25, -0.2) is 0 Å². The summed E-state index contributed by atoms with van der Waals surface area (Å²) in [6.45, 7) is -0.126. The second-order valence-electron chi connectivity index (χ2n) is 2.35. The molecule has 0 aliphatic carbocycles. The predicted octanol–water partition coefficient (Wildman–Crippen LogP) is -0.810. The number of aliphatic hydroxyl groups excluding tert-OH is 1. The quantitative estimate of drug-likeness (QED) is 0.423. The van der Waals surface area contributed by atoms with Crippen LogP contribution in [0.25, 0.3) is 0 Å². The van der Waals surface area contributed by atoms with E-state index in [0.29, 0.717) is 12.8 Å². The van der Waals surface area contributed by atoms with Crippen LogP contribution in [0.2, 0.25) is 0 Å². The minimum absolute atomic E-state index is 0.0393. The molecule has 0 bridgehead atoms. The number of carbonyl (C=O) groups is 1. The Kier molecular flexibility index (Phi) is 5.60. The van der Waals surface area contributed by atoms with Gasteiger partial charge in [0.25, 0.3) is 10.1 Å². The first-order valence-electron chi connectivity index (χ1n) is 3.67. The fraction of sp³-hybridized carbons (Fsp3) is 0.833. The van der Waals surface area contributed by atoms with Crippen LogP contribution in [0.1, 0.15) is 12.8 Å². The fourth-order valence-corrected chi connectivity index (χ4v) is 1.35. The van der Waals surface area contributed by atoms with Gasteiger partial charge < -0.3 is 10.2 Å². The highest BCUT2D eigenvalue weighted by atomic mass is 32.2. The van der Waals surface area contributed by atoms with E-state index in [-0.39, 0.29) is 13.2 Å². The Morgan fingerprint density at radius 2 is 1.92 bits per heavy atom. The van der Waals surface area contributed by atoms with Crippen molar-refractivity contribution in [2.45, 2.75) is 12.8 Å². The van der Waals surface area contributed by atoms with Crippen LogP contribution in [0, 0.1) is 0 Å². The number of hydrogen-bond acceptors (Lipinski definition) is 5. The smallest absolute Gasteiger partial charge is 0.321 e. The molecule has 0 spiro atoms. The maximum absolute atomic E-state index is 10.7. The van der Waals surface area contributed by atoms with Gasteiger partial charge in [-0.05, 0) is 12.8 Å². The van der Waals surface area contributed by atoms with E-state index >= 15 is 0 Å². The molecule has 7 heteroatoms. The minimum atomic E-state index is -3.94. The Bertz CT molecular complexity index is 244. The molecule has 78 valence electrons. The summed E-state index contributed by atoms with van der Waals surface area (Å²) in [6, 6.07) is 0. The van der Waals surface area contributed by atoms with E-state index in [1.54, 1.807) is 0 Å². The summed E-state index contributed by atoms with van der Waals surface area (Å²) >= 11 is 0. The number of hydrogen-bond donors (Lipinski definition) is 2. The van der Waals surface area contributed by atoms with Crippen molar-refractivity contribution in [3.8, 4) is 0 Å². The molecule has 0 aliphatic heterocycles. The zero-order valence-electron chi connectivity index (χ0n) is 6.97. The zero-order chi connectivity index (χ0) is 10.3. The number of carboxylic acids is 1. The van der Waals surface area contributed by atoms with E-state index in [4.69, 9.17) is 10.2 Å². The van der Waals surface area contributed by atoms with Gasteiger partial charge in [0.15, 0.2) is 5.75 Å². The third-order valence-electron chi connectivity index (χ3n) is 1.12. The lowest BCUT2D eigenvalue weighted by atomic mass is 10.3. The van der Waals surface area contributed by atoms with Crippen LogP contribution in [0.5, 0.6) is 0 Å². The first-order valence-corrected chi connectivity index (χ1v) is 5.25. The highest BCUT2D eigenvalue weighted by molar-refractivity contribution is 7.87. The molecule has 0 fully saturated rings. The van der Waals surface area contributed by atoms with Gasteiger partial charge in [-0.1, -0.05) is 0 Å². The van der Waals surface area contributed by atoms with Gasteiger partial charge in [-0.2, -0.15) is 8.42 Å². The first kappa shape index (κ1) is 12.3. The Morgan fingerprint density at radius 1 is 1.31 bits per heavy atom. The predicted molar refractivity (Wildman–Crippen MR) is 43.7 cm³/mol. The largest absolute Gasteiger partial charge is 0.480 e. The molecular weight excluding hydrogens is 200 g/mol. The Labute approximate surface area is 76.3 Å². The molecule has 0 aromatic rings. The van der Waals surface area contributed by atoms with E-state index in [9.17, 15) is 13.2 Å². The highest BCUT2D eigenvalue weighted by Crippen LogP contribution is 1.96. The second kappa shape index (κ2) is 5.90. The Morgan fingerprint density at radius 3 is 2.38 bits per heavy atom. The summed E-state index contributed by atoms with van der Waals surface area (Å²) in [5, 5.41) is 16.5. The van der Waals surface area contributed by atoms with Crippen molar-refractivity contribution in [3.63, 3.8) is 0 Å². The molecule has 0 amide bonds. The molecule has 0 aromatic heterocycles. The van der Waals surface area contributed by atoms with Gasteiger partial charge >= 0.3 is 5.97 Å². The van der Waals surface area contributed by atoms with Gasteiger partial charge in [0, 0.05) is 6.61 Å². The summed E-state index contributed by atoms with van der Waals surface area (Å²) in [5.41, 5.74) is 0. The maximum Gasteiger partial charge on any atom is 0.321 e. The molecule has 0 rings (SSSR count). The van der Waals surface area contributed by atoms with Gasteiger partial charge in [0.2, 0.25) is 0 Å².